The fraction of sp³-hybridized carbons (Fsp3) is 0.278. The molecule has 0 saturated heterocycles. The van der Waals surface area contributed by atoms with Crippen molar-refractivity contribution in [1.82, 2.24) is 9.21 Å². The molecule has 0 unspecified atom stereocenters. The maximum absolute atomic E-state index is 12.5. The van der Waals surface area contributed by atoms with Crippen LogP contribution in [0.25, 0.3) is 0 Å². The molecular formula is C18H22N2O3S2. The van der Waals surface area contributed by atoms with Gasteiger partial charge in [0.15, 0.2) is 0 Å². The van der Waals surface area contributed by atoms with E-state index < -0.39 is 10.0 Å². The highest BCUT2D eigenvalue weighted by Gasteiger charge is 2.18. The standard InChI is InChI=1S/C18H22N2O3S2/c1-19(2)25(22,23)17-11-7-15(8-12-17)18(21)20(3)13-14-5-9-16(24-4)10-6-14/h5-12H,13H2,1-4H3. The minimum atomic E-state index is -3.49. The first-order valence-corrected chi connectivity index (χ1v) is 10.3. The lowest BCUT2D eigenvalue weighted by Crippen LogP contribution is -2.26. The van der Waals surface area contributed by atoms with Gasteiger partial charge in [-0.1, -0.05) is 12.1 Å². The summed E-state index contributed by atoms with van der Waals surface area (Å²) in [6.07, 6.45) is 2.02. The quantitative estimate of drug-likeness (QED) is 0.725. The number of rotatable bonds is 6. The van der Waals surface area contributed by atoms with Crippen molar-refractivity contribution in [2.24, 2.45) is 0 Å². The van der Waals surface area contributed by atoms with Gasteiger partial charge in [0.2, 0.25) is 10.0 Å². The second-order valence-corrected chi connectivity index (χ2v) is 8.85. The van der Waals surface area contributed by atoms with E-state index in [1.807, 2.05) is 30.5 Å². The molecule has 0 aromatic heterocycles. The van der Waals surface area contributed by atoms with Crippen LogP contribution in [-0.2, 0) is 16.6 Å². The van der Waals surface area contributed by atoms with E-state index in [1.165, 1.54) is 31.1 Å². The molecular weight excluding hydrogens is 356 g/mol. The fourth-order valence-electron chi connectivity index (χ4n) is 2.28. The number of thioether (sulfide) groups is 1. The van der Waals surface area contributed by atoms with E-state index in [2.05, 4.69) is 0 Å². The molecule has 5 nitrogen and oxygen atoms in total. The lowest BCUT2D eigenvalue weighted by atomic mass is 10.1. The molecule has 0 atom stereocenters. The summed E-state index contributed by atoms with van der Waals surface area (Å²) in [6, 6.07) is 14.1. The monoisotopic (exact) mass is 378 g/mol. The van der Waals surface area contributed by atoms with Gasteiger partial charge in [-0.2, -0.15) is 0 Å². The molecule has 0 saturated carbocycles. The minimum Gasteiger partial charge on any atom is -0.337 e. The highest BCUT2D eigenvalue weighted by Crippen LogP contribution is 2.17. The summed E-state index contributed by atoms with van der Waals surface area (Å²) < 4.78 is 25.3. The zero-order valence-electron chi connectivity index (χ0n) is 14.8. The molecule has 134 valence electrons. The molecule has 0 spiro atoms. The number of hydrogen-bond donors (Lipinski definition) is 0. The molecule has 0 radical (unpaired) electrons. The molecule has 0 aliphatic rings. The van der Waals surface area contributed by atoms with Gasteiger partial charge >= 0.3 is 0 Å². The molecule has 2 rings (SSSR count). The number of benzene rings is 2. The zero-order chi connectivity index (χ0) is 18.6. The van der Waals surface area contributed by atoms with Crippen molar-refractivity contribution < 1.29 is 13.2 Å². The van der Waals surface area contributed by atoms with Crippen molar-refractivity contribution in [1.29, 1.82) is 0 Å². The molecule has 1 amide bonds. The maximum atomic E-state index is 12.5. The van der Waals surface area contributed by atoms with Crippen LogP contribution in [-0.4, -0.2) is 50.9 Å². The molecule has 2 aromatic carbocycles. The number of carbonyl (C=O) groups is 1. The van der Waals surface area contributed by atoms with Crippen LogP contribution < -0.4 is 0 Å². The van der Waals surface area contributed by atoms with E-state index in [4.69, 9.17) is 0 Å². The van der Waals surface area contributed by atoms with Crippen molar-refractivity contribution >= 4 is 27.7 Å². The van der Waals surface area contributed by atoms with E-state index in [9.17, 15) is 13.2 Å². The first-order valence-electron chi connectivity index (χ1n) is 7.66. The van der Waals surface area contributed by atoms with Crippen LogP contribution in [0.5, 0.6) is 0 Å². The predicted molar refractivity (Wildman–Crippen MR) is 101 cm³/mol. The van der Waals surface area contributed by atoms with Crippen molar-refractivity contribution in [3.63, 3.8) is 0 Å². The summed E-state index contributed by atoms with van der Waals surface area (Å²) >= 11 is 1.67. The van der Waals surface area contributed by atoms with Crippen LogP contribution in [0.4, 0.5) is 0 Å². The molecule has 0 aliphatic heterocycles. The largest absolute Gasteiger partial charge is 0.337 e. The number of carbonyl (C=O) groups excluding carboxylic acids is 1. The number of sulfonamides is 1. The molecule has 0 N–H and O–H groups in total. The topological polar surface area (TPSA) is 57.7 Å². The third-order valence-corrected chi connectivity index (χ3v) is 6.38. The lowest BCUT2D eigenvalue weighted by Gasteiger charge is -2.18. The molecule has 7 heteroatoms. The molecule has 0 fully saturated rings. The van der Waals surface area contributed by atoms with Crippen molar-refractivity contribution in [3.05, 3.63) is 59.7 Å². The summed E-state index contributed by atoms with van der Waals surface area (Å²) in [5, 5.41) is 0. The summed E-state index contributed by atoms with van der Waals surface area (Å²) in [7, 11) is 1.20. The Morgan fingerprint density at radius 1 is 0.960 bits per heavy atom. The fourth-order valence-corrected chi connectivity index (χ4v) is 3.59. The van der Waals surface area contributed by atoms with Gasteiger partial charge in [-0.05, 0) is 48.2 Å². The molecule has 0 bridgehead atoms. The van der Waals surface area contributed by atoms with Gasteiger partial charge < -0.3 is 4.90 Å². The number of nitrogens with zero attached hydrogens (tertiary/aromatic N) is 2. The van der Waals surface area contributed by atoms with Crippen molar-refractivity contribution in [3.8, 4) is 0 Å². The Bertz CT molecular complexity index is 830. The second kappa shape index (κ2) is 8.03. The third kappa shape index (κ3) is 4.62. The molecule has 2 aromatic rings. The van der Waals surface area contributed by atoms with Gasteiger partial charge in [-0.3, -0.25) is 4.79 Å². The first-order chi connectivity index (χ1) is 11.8. The Balaban J connectivity index is 2.11. The highest BCUT2D eigenvalue weighted by atomic mass is 32.2. The van der Waals surface area contributed by atoms with E-state index in [-0.39, 0.29) is 10.8 Å². The van der Waals surface area contributed by atoms with E-state index in [0.29, 0.717) is 12.1 Å². The Morgan fingerprint density at radius 2 is 1.52 bits per heavy atom. The van der Waals surface area contributed by atoms with Gasteiger partial charge in [0.05, 0.1) is 4.90 Å². The average Bonchev–Trinajstić information content (AvgIpc) is 2.61. The smallest absolute Gasteiger partial charge is 0.253 e. The second-order valence-electron chi connectivity index (χ2n) is 5.82. The summed E-state index contributed by atoms with van der Waals surface area (Å²) in [5.41, 5.74) is 1.50. The normalized spacial score (nSPS) is 11.6. The Hall–Kier alpha value is -1.83. The van der Waals surface area contributed by atoms with Crippen molar-refractivity contribution in [2.45, 2.75) is 16.3 Å². The Labute approximate surface area is 153 Å². The van der Waals surface area contributed by atoms with Crippen LogP contribution in [0.3, 0.4) is 0 Å². The van der Waals surface area contributed by atoms with Gasteiger partial charge in [-0.25, -0.2) is 12.7 Å². The minimum absolute atomic E-state index is 0.150. The van der Waals surface area contributed by atoms with Crippen LogP contribution in [0.15, 0.2) is 58.3 Å². The van der Waals surface area contributed by atoms with E-state index in [1.54, 1.807) is 35.8 Å². The number of hydrogen-bond acceptors (Lipinski definition) is 4. The zero-order valence-corrected chi connectivity index (χ0v) is 16.4. The van der Waals surface area contributed by atoms with Gasteiger partial charge in [-0.15, -0.1) is 11.8 Å². The average molecular weight is 379 g/mol. The number of amides is 1. The SMILES string of the molecule is CSc1ccc(CN(C)C(=O)c2ccc(S(=O)(=O)N(C)C)cc2)cc1. The molecule has 0 aliphatic carbocycles. The summed E-state index contributed by atoms with van der Waals surface area (Å²) in [6.45, 7) is 0.491. The predicted octanol–water partition coefficient (Wildman–Crippen LogP) is 2.93. The molecule has 25 heavy (non-hydrogen) atoms. The van der Waals surface area contributed by atoms with Crippen LogP contribution in [0, 0.1) is 0 Å². The third-order valence-electron chi connectivity index (χ3n) is 3.81. The lowest BCUT2D eigenvalue weighted by molar-refractivity contribution is 0.0785. The maximum Gasteiger partial charge on any atom is 0.253 e. The van der Waals surface area contributed by atoms with Gasteiger partial charge in [0.1, 0.15) is 0 Å². The first kappa shape index (κ1) is 19.5. The van der Waals surface area contributed by atoms with Crippen LogP contribution >= 0.6 is 11.8 Å². The van der Waals surface area contributed by atoms with Gasteiger partial charge in [0.25, 0.3) is 5.91 Å². The Kier molecular flexibility index (Phi) is 6.26. The summed E-state index contributed by atoms with van der Waals surface area (Å²) in [4.78, 5) is 15.5. The van der Waals surface area contributed by atoms with Crippen molar-refractivity contribution in [2.75, 3.05) is 27.4 Å². The van der Waals surface area contributed by atoms with E-state index >= 15 is 0 Å². The van der Waals surface area contributed by atoms with Crippen LogP contribution in [0.1, 0.15) is 15.9 Å². The van der Waals surface area contributed by atoms with E-state index in [0.717, 1.165) is 9.87 Å². The van der Waals surface area contributed by atoms with Gasteiger partial charge in [0, 0.05) is 38.1 Å². The van der Waals surface area contributed by atoms with Crippen LogP contribution in [0.2, 0.25) is 0 Å². The molecule has 0 heterocycles. The Morgan fingerprint density at radius 3 is 2.00 bits per heavy atom. The summed E-state index contributed by atoms with van der Waals surface area (Å²) in [5.74, 6) is -0.150. The highest BCUT2D eigenvalue weighted by molar-refractivity contribution is 7.98.